The second kappa shape index (κ2) is 7.15. The molecule has 0 amide bonds. The molecule has 2 aromatic carbocycles. The van der Waals surface area contributed by atoms with E-state index in [1.54, 1.807) is 0 Å². The molecule has 0 heterocycles. The number of benzene rings is 2. The Morgan fingerprint density at radius 1 is 1.05 bits per heavy atom. The molecule has 0 bridgehead atoms. The van der Waals surface area contributed by atoms with E-state index in [9.17, 15) is 4.79 Å². The largest absolute Gasteiger partial charge is 0.493 e. The van der Waals surface area contributed by atoms with Crippen molar-refractivity contribution in [1.29, 1.82) is 0 Å². The van der Waals surface area contributed by atoms with Gasteiger partial charge >= 0.3 is 5.97 Å². The summed E-state index contributed by atoms with van der Waals surface area (Å²) in [5.41, 5.74) is 0. The van der Waals surface area contributed by atoms with Crippen molar-refractivity contribution in [2.75, 3.05) is 6.61 Å². The zero-order chi connectivity index (χ0) is 14.4. The summed E-state index contributed by atoms with van der Waals surface area (Å²) in [5.74, 6) is 0.0813. The van der Waals surface area contributed by atoms with E-state index in [1.165, 1.54) is 0 Å². The first-order valence-corrected chi connectivity index (χ1v) is 7.08. The Bertz CT molecular complexity index is 595. The average Bonchev–Trinajstić information content (AvgIpc) is 2.45. The number of unbranched alkanes of at least 4 members (excludes halogenated alkanes) is 2. The molecule has 0 atom stereocenters. The normalized spacial score (nSPS) is 10.7. The van der Waals surface area contributed by atoms with Gasteiger partial charge in [-0.25, -0.2) is 0 Å². The lowest BCUT2D eigenvalue weighted by Crippen LogP contribution is -1.99. The van der Waals surface area contributed by atoms with Crippen molar-refractivity contribution >= 4 is 28.3 Å². The maximum Gasteiger partial charge on any atom is 0.303 e. The molecule has 0 aliphatic rings. The zero-order valence-corrected chi connectivity index (χ0v) is 11.9. The second-order valence-electron chi connectivity index (χ2n) is 4.64. The molecule has 0 radical (unpaired) electrons. The zero-order valence-electron chi connectivity index (χ0n) is 11.1. The van der Waals surface area contributed by atoms with Gasteiger partial charge in [-0.05, 0) is 31.4 Å². The van der Waals surface area contributed by atoms with E-state index < -0.39 is 5.97 Å². The first-order valence-electron chi connectivity index (χ1n) is 6.70. The summed E-state index contributed by atoms with van der Waals surface area (Å²) in [6, 6.07) is 11.6. The van der Waals surface area contributed by atoms with Gasteiger partial charge in [0.2, 0.25) is 0 Å². The van der Waals surface area contributed by atoms with Crippen molar-refractivity contribution in [2.24, 2.45) is 0 Å². The van der Waals surface area contributed by atoms with Crippen molar-refractivity contribution in [3.8, 4) is 5.75 Å². The molecule has 0 saturated heterocycles. The van der Waals surface area contributed by atoms with Crippen molar-refractivity contribution in [1.82, 2.24) is 0 Å². The van der Waals surface area contributed by atoms with Crippen LogP contribution in [0, 0.1) is 0 Å². The Morgan fingerprint density at radius 3 is 2.55 bits per heavy atom. The molecule has 1 N–H and O–H groups in total. The third-order valence-corrected chi connectivity index (χ3v) is 3.45. The Kier molecular flexibility index (Phi) is 5.24. The number of aliphatic carboxylic acids is 1. The lowest BCUT2D eigenvalue weighted by Gasteiger charge is -2.10. The summed E-state index contributed by atoms with van der Waals surface area (Å²) >= 11 is 6.15. The molecule has 0 fully saturated rings. The highest BCUT2D eigenvalue weighted by Crippen LogP contribution is 2.31. The fourth-order valence-corrected chi connectivity index (χ4v) is 2.33. The number of ether oxygens (including phenoxy) is 1. The second-order valence-corrected chi connectivity index (χ2v) is 5.05. The lowest BCUT2D eigenvalue weighted by molar-refractivity contribution is -0.137. The lowest BCUT2D eigenvalue weighted by atomic mass is 10.1. The average molecular weight is 293 g/mol. The molecule has 20 heavy (non-hydrogen) atoms. The maximum absolute atomic E-state index is 10.4. The van der Waals surface area contributed by atoms with Gasteiger partial charge in [0.15, 0.2) is 0 Å². The van der Waals surface area contributed by atoms with Crippen LogP contribution < -0.4 is 4.74 Å². The third-order valence-electron chi connectivity index (χ3n) is 3.12. The summed E-state index contributed by atoms with van der Waals surface area (Å²) in [4.78, 5) is 10.4. The standard InChI is InChI=1S/C16H17ClO3/c17-14-9-10-15(13-7-4-3-6-12(13)14)20-11-5-1-2-8-16(18)19/h3-4,6-7,9-10H,1-2,5,8,11H2,(H,18,19). The van der Waals surface area contributed by atoms with Crippen LogP contribution in [-0.2, 0) is 4.79 Å². The van der Waals surface area contributed by atoms with Crippen LogP contribution in [0.25, 0.3) is 10.8 Å². The van der Waals surface area contributed by atoms with Gasteiger partial charge in [-0.1, -0.05) is 35.9 Å². The number of hydrogen-bond acceptors (Lipinski definition) is 2. The highest BCUT2D eigenvalue weighted by molar-refractivity contribution is 6.35. The van der Waals surface area contributed by atoms with Crippen LogP contribution >= 0.6 is 11.6 Å². The fraction of sp³-hybridized carbons (Fsp3) is 0.312. The molecule has 0 aliphatic carbocycles. The van der Waals surface area contributed by atoms with Gasteiger partial charge in [-0.15, -0.1) is 0 Å². The van der Waals surface area contributed by atoms with Crippen LogP contribution in [-0.4, -0.2) is 17.7 Å². The molecule has 3 nitrogen and oxygen atoms in total. The molecule has 0 aliphatic heterocycles. The van der Waals surface area contributed by atoms with Gasteiger partial charge in [-0.2, -0.15) is 0 Å². The number of fused-ring (bicyclic) bond motifs is 1. The van der Waals surface area contributed by atoms with Crippen LogP contribution in [0.1, 0.15) is 25.7 Å². The number of carboxylic acid groups (broad SMARTS) is 1. The molecule has 4 heteroatoms. The SMILES string of the molecule is O=C(O)CCCCCOc1ccc(Cl)c2ccccc12. The van der Waals surface area contributed by atoms with E-state index in [4.69, 9.17) is 21.4 Å². The van der Waals surface area contributed by atoms with Crippen molar-refractivity contribution < 1.29 is 14.6 Å². The van der Waals surface area contributed by atoms with Crippen molar-refractivity contribution in [2.45, 2.75) is 25.7 Å². The van der Waals surface area contributed by atoms with Gasteiger partial charge in [0.05, 0.1) is 6.61 Å². The molecule has 0 aromatic heterocycles. The Balaban J connectivity index is 1.90. The van der Waals surface area contributed by atoms with Crippen LogP contribution in [0.5, 0.6) is 5.75 Å². The minimum Gasteiger partial charge on any atom is -0.493 e. The summed E-state index contributed by atoms with van der Waals surface area (Å²) in [6.07, 6.45) is 2.63. The number of halogens is 1. The van der Waals surface area contributed by atoms with E-state index in [0.29, 0.717) is 13.0 Å². The Morgan fingerprint density at radius 2 is 1.80 bits per heavy atom. The highest BCUT2D eigenvalue weighted by Gasteiger charge is 2.05. The quantitative estimate of drug-likeness (QED) is 0.763. The summed E-state index contributed by atoms with van der Waals surface area (Å²) in [7, 11) is 0. The molecule has 0 saturated carbocycles. The molecule has 2 rings (SSSR count). The number of hydrogen-bond donors (Lipinski definition) is 1. The summed E-state index contributed by atoms with van der Waals surface area (Å²) in [6.45, 7) is 0.589. The van der Waals surface area contributed by atoms with Gasteiger partial charge in [-0.3, -0.25) is 4.79 Å². The molecular weight excluding hydrogens is 276 g/mol. The van der Waals surface area contributed by atoms with Crippen molar-refractivity contribution in [3.05, 3.63) is 41.4 Å². The predicted octanol–water partition coefficient (Wildman–Crippen LogP) is 4.52. The summed E-state index contributed by atoms with van der Waals surface area (Å²) in [5, 5.41) is 11.3. The van der Waals surface area contributed by atoms with Gasteiger partial charge in [0.1, 0.15) is 5.75 Å². The first-order chi connectivity index (χ1) is 9.68. The molecule has 0 spiro atoms. The highest BCUT2D eigenvalue weighted by atomic mass is 35.5. The molecule has 0 unspecified atom stereocenters. The Labute approximate surface area is 123 Å². The van der Waals surface area contributed by atoms with Crippen LogP contribution in [0.15, 0.2) is 36.4 Å². The predicted molar refractivity (Wildman–Crippen MR) is 80.6 cm³/mol. The minimum absolute atomic E-state index is 0.226. The van der Waals surface area contributed by atoms with E-state index in [0.717, 1.165) is 34.4 Å². The third kappa shape index (κ3) is 3.87. The van der Waals surface area contributed by atoms with Gasteiger partial charge < -0.3 is 9.84 Å². The number of carbonyl (C=O) groups is 1. The maximum atomic E-state index is 10.4. The van der Waals surface area contributed by atoms with Gasteiger partial charge in [0, 0.05) is 22.2 Å². The van der Waals surface area contributed by atoms with Crippen LogP contribution in [0.3, 0.4) is 0 Å². The first kappa shape index (κ1) is 14.7. The molecule has 106 valence electrons. The van der Waals surface area contributed by atoms with E-state index in [-0.39, 0.29) is 6.42 Å². The number of carboxylic acids is 1. The van der Waals surface area contributed by atoms with E-state index in [1.807, 2.05) is 36.4 Å². The van der Waals surface area contributed by atoms with Crippen molar-refractivity contribution in [3.63, 3.8) is 0 Å². The molecule has 2 aromatic rings. The monoisotopic (exact) mass is 292 g/mol. The van der Waals surface area contributed by atoms with E-state index >= 15 is 0 Å². The van der Waals surface area contributed by atoms with Crippen LogP contribution in [0.4, 0.5) is 0 Å². The van der Waals surface area contributed by atoms with E-state index in [2.05, 4.69) is 0 Å². The minimum atomic E-state index is -0.741. The fourth-order valence-electron chi connectivity index (χ4n) is 2.10. The Hall–Kier alpha value is -1.74. The number of rotatable bonds is 7. The topological polar surface area (TPSA) is 46.5 Å². The van der Waals surface area contributed by atoms with Crippen LogP contribution in [0.2, 0.25) is 5.02 Å². The molecular formula is C16H17ClO3. The van der Waals surface area contributed by atoms with Gasteiger partial charge in [0.25, 0.3) is 0 Å². The smallest absolute Gasteiger partial charge is 0.303 e. The summed E-state index contributed by atoms with van der Waals surface area (Å²) < 4.78 is 5.78.